The zero-order valence-electron chi connectivity index (χ0n) is 9.10. The van der Waals surface area contributed by atoms with E-state index in [-0.39, 0.29) is 12.6 Å². The van der Waals surface area contributed by atoms with Crippen LogP contribution in [-0.2, 0) is 14.3 Å². The van der Waals surface area contributed by atoms with Gasteiger partial charge in [0.2, 0.25) is 0 Å². The Morgan fingerprint density at radius 1 is 1.31 bits per heavy atom. The molecule has 0 unspecified atom stereocenters. The molecule has 4 nitrogen and oxygen atoms in total. The maximum Gasteiger partial charge on any atom is 0.411 e. The standard InChI is InChI=1S/C9H16F3NO3/c1-15-8(14)3-2-4-13-5-6-16-7-9(10,11)12/h13H,2-7H2,1H3. The van der Waals surface area contributed by atoms with Crippen molar-refractivity contribution >= 4 is 5.97 Å². The van der Waals surface area contributed by atoms with Gasteiger partial charge in [0.1, 0.15) is 6.61 Å². The number of nitrogens with one attached hydrogen (secondary N) is 1. The average molecular weight is 243 g/mol. The summed E-state index contributed by atoms with van der Waals surface area (Å²) in [6.45, 7) is -0.351. The van der Waals surface area contributed by atoms with E-state index in [0.717, 1.165) is 0 Å². The molecule has 0 bridgehead atoms. The van der Waals surface area contributed by atoms with E-state index in [4.69, 9.17) is 0 Å². The topological polar surface area (TPSA) is 47.6 Å². The summed E-state index contributed by atoms with van der Waals surface area (Å²) >= 11 is 0. The molecule has 0 aliphatic rings. The van der Waals surface area contributed by atoms with Gasteiger partial charge >= 0.3 is 12.1 Å². The number of alkyl halides is 3. The maximum absolute atomic E-state index is 11.6. The fourth-order valence-electron chi connectivity index (χ4n) is 0.917. The van der Waals surface area contributed by atoms with Gasteiger partial charge in [0.25, 0.3) is 0 Å². The number of hydrogen-bond acceptors (Lipinski definition) is 4. The highest BCUT2D eigenvalue weighted by Crippen LogP contribution is 2.13. The first-order valence-electron chi connectivity index (χ1n) is 4.88. The van der Waals surface area contributed by atoms with E-state index in [0.29, 0.717) is 25.9 Å². The van der Waals surface area contributed by atoms with E-state index in [9.17, 15) is 18.0 Å². The molecule has 7 heteroatoms. The molecule has 0 heterocycles. The number of esters is 1. The summed E-state index contributed by atoms with van der Waals surface area (Å²) in [7, 11) is 1.31. The Hall–Kier alpha value is -0.820. The SMILES string of the molecule is COC(=O)CCCNCCOCC(F)(F)F. The summed E-state index contributed by atoms with van der Waals surface area (Å²) in [6, 6.07) is 0. The van der Waals surface area contributed by atoms with Gasteiger partial charge in [-0.2, -0.15) is 13.2 Å². The van der Waals surface area contributed by atoms with Crippen LogP contribution < -0.4 is 5.32 Å². The van der Waals surface area contributed by atoms with E-state index in [1.165, 1.54) is 7.11 Å². The van der Waals surface area contributed by atoms with Crippen molar-refractivity contribution < 1.29 is 27.4 Å². The number of ether oxygens (including phenoxy) is 2. The van der Waals surface area contributed by atoms with Gasteiger partial charge in [0.05, 0.1) is 13.7 Å². The predicted molar refractivity (Wildman–Crippen MR) is 51.0 cm³/mol. The average Bonchev–Trinajstić information content (AvgIpc) is 2.20. The predicted octanol–water partition coefficient (Wildman–Crippen LogP) is 1.11. The normalized spacial score (nSPS) is 11.5. The Morgan fingerprint density at radius 2 is 2.00 bits per heavy atom. The van der Waals surface area contributed by atoms with Gasteiger partial charge in [-0.3, -0.25) is 4.79 Å². The van der Waals surface area contributed by atoms with Crippen LogP contribution in [0, 0.1) is 0 Å². The fraction of sp³-hybridized carbons (Fsp3) is 0.889. The van der Waals surface area contributed by atoms with E-state index >= 15 is 0 Å². The van der Waals surface area contributed by atoms with Gasteiger partial charge in [0, 0.05) is 13.0 Å². The minimum Gasteiger partial charge on any atom is -0.469 e. The van der Waals surface area contributed by atoms with E-state index in [2.05, 4.69) is 14.8 Å². The summed E-state index contributed by atoms with van der Waals surface area (Å²) in [6.07, 6.45) is -3.39. The molecule has 0 aromatic carbocycles. The smallest absolute Gasteiger partial charge is 0.411 e. The highest BCUT2D eigenvalue weighted by Gasteiger charge is 2.27. The third-order valence-electron chi connectivity index (χ3n) is 1.65. The molecule has 0 aromatic rings. The zero-order valence-corrected chi connectivity index (χ0v) is 9.10. The molecule has 0 amide bonds. The van der Waals surface area contributed by atoms with Gasteiger partial charge in [-0.1, -0.05) is 0 Å². The maximum atomic E-state index is 11.6. The molecule has 16 heavy (non-hydrogen) atoms. The molecule has 1 N–H and O–H groups in total. The van der Waals surface area contributed by atoms with E-state index < -0.39 is 12.8 Å². The van der Waals surface area contributed by atoms with Crippen LogP contribution in [0.15, 0.2) is 0 Å². The Kier molecular flexibility index (Phi) is 7.92. The van der Waals surface area contributed by atoms with Crippen molar-refractivity contribution in [2.24, 2.45) is 0 Å². The third-order valence-corrected chi connectivity index (χ3v) is 1.65. The van der Waals surface area contributed by atoms with Crippen LogP contribution in [-0.4, -0.2) is 45.6 Å². The first-order chi connectivity index (χ1) is 7.45. The molecule has 0 atom stereocenters. The van der Waals surface area contributed by atoms with Crippen molar-refractivity contribution in [3.8, 4) is 0 Å². The number of carbonyl (C=O) groups excluding carboxylic acids is 1. The zero-order chi connectivity index (χ0) is 12.4. The third kappa shape index (κ3) is 11.3. The Balaban J connectivity index is 3.13. The van der Waals surface area contributed by atoms with Gasteiger partial charge in [0.15, 0.2) is 0 Å². The first-order valence-corrected chi connectivity index (χ1v) is 4.88. The molecule has 0 fully saturated rings. The quantitative estimate of drug-likeness (QED) is 0.512. The van der Waals surface area contributed by atoms with E-state index in [1.807, 2.05) is 0 Å². The molecule has 0 rings (SSSR count). The lowest BCUT2D eigenvalue weighted by Crippen LogP contribution is -2.24. The Bertz CT molecular complexity index is 197. The number of carbonyl (C=O) groups is 1. The first kappa shape index (κ1) is 15.2. The highest BCUT2D eigenvalue weighted by molar-refractivity contribution is 5.68. The number of halogens is 3. The summed E-state index contributed by atoms with van der Waals surface area (Å²) in [5, 5.41) is 2.85. The van der Waals surface area contributed by atoms with Crippen molar-refractivity contribution in [1.82, 2.24) is 5.32 Å². The Morgan fingerprint density at radius 3 is 2.56 bits per heavy atom. The second kappa shape index (κ2) is 8.35. The Labute approximate surface area is 92.1 Å². The molecule has 0 saturated carbocycles. The van der Waals surface area contributed by atoms with Crippen LogP contribution in [0.4, 0.5) is 13.2 Å². The van der Waals surface area contributed by atoms with Gasteiger partial charge < -0.3 is 14.8 Å². The van der Waals surface area contributed by atoms with E-state index in [1.54, 1.807) is 0 Å². The monoisotopic (exact) mass is 243 g/mol. The van der Waals surface area contributed by atoms with Gasteiger partial charge in [-0.15, -0.1) is 0 Å². The second-order valence-electron chi connectivity index (χ2n) is 3.10. The molecule has 0 aromatic heterocycles. The van der Waals surface area contributed by atoms with Crippen LogP contribution in [0.5, 0.6) is 0 Å². The van der Waals surface area contributed by atoms with Crippen molar-refractivity contribution in [3.05, 3.63) is 0 Å². The number of rotatable bonds is 8. The van der Waals surface area contributed by atoms with Gasteiger partial charge in [-0.25, -0.2) is 0 Å². The van der Waals surface area contributed by atoms with Crippen LogP contribution >= 0.6 is 0 Å². The van der Waals surface area contributed by atoms with Crippen molar-refractivity contribution in [2.75, 3.05) is 33.4 Å². The fourth-order valence-corrected chi connectivity index (χ4v) is 0.917. The summed E-state index contributed by atoms with van der Waals surface area (Å²) in [4.78, 5) is 10.7. The highest BCUT2D eigenvalue weighted by atomic mass is 19.4. The van der Waals surface area contributed by atoms with Crippen molar-refractivity contribution in [1.29, 1.82) is 0 Å². The van der Waals surface area contributed by atoms with Crippen molar-refractivity contribution in [3.63, 3.8) is 0 Å². The molecule has 0 aliphatic heterocycles. The molecule has 96 valence electrons. The molecular weight excluding hydrogens is 227 g/mol. The lowest BCUT2D eigenvalue weighted by atomic mass is 10.3. The lowest BCUT2D eigenvalue weighted by Gasteiger charge is -2.08. The van der Waals surface area contributed by atoms with Crippen LogP contribution in [0.1, 0.15) is 12.8 Å². The lowest BCUT2D eigenvalue weighted by molar-refractivity contribution is -0.173. The van der Waals surface area contributed by atoms with Crippen LogP contribution in [0.25, 0.3) is 0 Å². The largest absolute Gasteiger partial charge is 0.469 e. The molecule has 0 radical (unpaired) electrons. The van der Waals surface area contributed by atoms with Gasteiger partial charge in [-0.05, 0) is 13.0 Å². The van der Waals surface area contributed by atoms with Crippen LogP contribution in [0.2, 0.25) is 0 Å². The molecule has 0 saturated heterocycles. The summed E-state index contributed by atoms with van der Waals surface area (Å²) < 4.78 is 43.6. The van der Waals surface area contributed by atoms with Crippen molar-refractivity contribution in [2.45, 2.75) is 19.0 Å². The number of methoxy groups -OCH3 is 1. The second-order valence-corrected chi connectivity index (χ2v) is 3.10. The van der Waals surface area contributed by atoms with Crippen LogP contribution in [0.3, 0.4) is 0 Å². The molecular formula is C9H16F3NO3. The molecule has 0 aliphatic carbocycles. The minimum absolute atomic E-state index is 0.00225. The summed E-state index contributed by atoms with van der Waals surface area (Å²) in [5.74, 6) is -0.296. The molecule has 0 spiro atoms. The number of hydrogen-bond donors (Lipinski definition) is 1. The minimum atomic E-state index is -4.27. The summed E-state index contributed by atoms with van der Waals surface area (Å²) in [5.41, 5.74) is 0.